The molecule has 2 saturated heterocycles. The van der Waals surface area contributed by atoms with Gasteiger partial charge in [-0.15, -0.1) is 0 Å². The van der Waals surface area contributed by atoms with Crippen LogP contribution < -0.4 is 14.4 Å². The van der Waals surface area contributed by atoms with Gasteiger partial charge in [0.25, 0.3) is 0 Å². The molecule has 2 aliphatic rings. The van der Waals surface area contributed by atoms with E-state index < -0.39 is 5.60 Å². The van der Waals surface area contributed by atoms with Crippen LogP contribution in [0.3, 0.4) is 0 Å². The van der Waals surface area contributed by atoms with Crippen molar-refractivity contribution in [1.82, 2.24) is 14.9 Å². The Hall–Kier alpha value is -2.25. The number of hydrogen-bond acceptors (Lipinski definition) is 7. The second kappa shape index (κ2) is 9.05. The van der Waals surface area contributed by atoms with Crippen molar-refractivity contribution >= 4 is 11.9 Å². The van der Waals surface area contributed by atoms with Gasteiger partial charge in [0.15, 0.2) is 0 Å². The van der Waals surface area contributed by atoms with Gasteiger partial charge < -0.3 is 24.0 Å². The summed E-state index contributed by atoms with van der Waals surface area (Å²) in [5, 5.41) is 0. The lowest BCUT2D eigenvalue weighted by Crippen LogP contribution is -2.44. The molecule has 1 amide bonds. The zero-order chi connectivity index (χ0) is 21.0. The molecule has 3 heterocycles. The summed E-state index contributed by atoms with van der Waals surface area (Å²) in [4.78, 5) is 25.0. The largest absolute Gasteiger partial charge is 0.481 e. The molecule has 1 aromatic heterocycles. The first-order valence-electron chi connectivity index (χ1n) is 10.5. The van der Waals surface area contributed by atoms with Gasteiger partial charge in [0, 0.05) is 32.2 Å². The third-order valence-corrected chi connectivity index (χ3v) is 5.78. The molecular formula is C21H34N4O4. The molecule has 0 N–H and O–H groups in total. The van der Waals surface area contributed by atoms with Crippen LogP contribution in [-0.2, 0) is 4.74 Å². The predicted octanol–water partition coefficient (Wildman–Crippen LogP) is 3.36. The monoisotopic (exact) mass is 406 g/mol. The molecule has 2 fully saturated rings. The molecule has 0 bridgehead atoms. The maximum absolute atomic E-state index is 12.3. The van der Waals surface area contributed by atoms with Crippen molar-refractivity contribution in [3.05, 3.63) is 6.07 Å². The van der Waals surface area contributed by atoms with Crippen LogP contribution in [-0.4, -0.2) is 67.0 Å². The average molecular weight is 407 g/mol. The van der Waals surface area contributed by atoms with E-state index in [0.717, 1.165) is 57.7 Å². The fraction of sp³-hybridized carbons (Fsp3) is 0.762. The summed E-state index contributed by atoms with van der Waals surface area (Å²) >= 11 is 0. The lowest BCUT2D eigenvalue weighted by atomic mass is 9.79. The van der Waals surface area contributed by atoms with E-state index in [1.165, 1.54) is 0 Å². The molecule has 0 atom stereocenters. The zero-order valence-electron chi connectivity index (χ0n) is 18.3. The third kappa shape index (κ3) is 5.64. The van der Waals surface area contributed by atoms with E-state index in [9.17, 15) is 4.79 Å². The second-order valence-corrected chi connectivity index (χ2v) is 8.88. The Bertz CT molecular complexity index is 668. The van der Waals surface area contributed by atoms with Crippen molar-refractivity contribution in [2.75, 3.05) is 45.3 Å². The summed E-state index contributed by atoms with van der Waals surface area (Å²) in [7, 11) is 3.16. The van der Waals surface area contributed by atoms with Gasteiger partial charge in [0.05, 0.1) is 14.2 Å². The highest BCUT2D eigenvalue weighted by Crippen LogP contribution is 2.34. The quantitative estimate of drug-likeness (QED) is 0.759. The number of ether oxygens (including phenoxy) is 3. The van der Waals surface area contributed by atoms with Crippen LogP contribution in [0.5, 0.6) is 11.9 Å². The Morgan fingerprint density at radius 2 is 1.55 bits per heavy atom. The maximum atomic E-state index is 12.3. The molecular weight excluding hydrogens is 372 g/mol. The van der Waals surface area contributed by atoms with Crippen LogP contribution >= 0.6 is 0 Å². The van der Waals surface area contributed by atoms with Gasteiger partial charge in [-0.05, 0) is 58.3 Å². The van der Waals surface area contributed by atoms with Gasteiger partial charge in [-0.2, -0.15) is 9.97 Å². The number of amides is 1. The smallest absolute Gasteiger partial charge is 0.410 e. The first kappa shape index (κ1) is 21.5. The molecule has 8 nitrogen and oxygen atoms in total. The molecule has 8 heteroatoms. The van der Waals surface area contributed by atoms with Gasteiger partial charge in [0.2, 0.25) is 5.88 Å². The van der Waals surface area contributed by atoms with Crippen LogP contribution in [0, 0.1) is 11.8 Å². The number of piperidine rings is 2. The first-order chi connectivity index (χ1) is 13.8. The molecule has 29 heavy (non-hydrogen) atoms. The molecule has 0 radical (unpaired) electrons. The molecule has 1 aromatic rings. The van der Waals surface area contributed by atoms with Gasteiger partial charge >= 0.3 is 12.1 Å². The number of carbonyl (C=O) groups excluding carboxylic acids is 1. The molecule has 3 rings (SSSR count). The predicted molar refractivity (Wildman–Crippen MR) is 111 cm³/mol. The van der Waals surface area contributed by atoms with E-state index in [-0.39, 0.29) is 6.09 Å². The molecule has 2 aliphatic heterocycles. The van der Waals surface area contributed by atoms with Gasteiger partial charge in [-0.1, -0.05) is 0 Å². The summed E-state index contributed by atoms with van der Waals surface area (Å²) in [6, 6.07) is 2.19. The number of methoxy groups -OCH3 is 2. The molecule has 162 valence electrons. The maximum Gasteiger partial charge on any atom is 0.410 e. The van der Waals surface area contributed by atoms with E-state index in [4.69, 9.17) is 14.2 Å². The molecule has 0 aromatic carbocycles. The zero-order valence-corrected chi connectivity index (χ0v) is 18.3. The van der Waals surface area contributed by atoms with Crippen LogP contribution in [0.2, 0.25) is 0 Å². The standard InChI is InChI=1S/C21H34N4O4/c1-21(2,3)29-20(26)25-12-8-16(9-13-25)15-6-10-24(11-7-15)17-14-18(27-4)23-19(22-17)28-5/h14-16H,6-13H2,1-5H3. The summed E-state index contributed by atoms with van der Waals surface area (Å²) in [6.45, 7) is 9.23. The van der Waals surface area contributed by atoms with Crippen molar-refractivity contribution < 1.29 is 19.0 Å². The SMILES string of the molecule is COc1cc(N2CCC(C3CCN(C(=O)OC(C)(C)C)CC3)CC2)nc(OC)n1. The minimum absolute atomic E-state index is 0.183. The summed E-state index contributed by atoms with van der Waals surface area (Å²) in [5.74, 6) is 2.73. The topological polar surface area (TPSA) is 77.0 Å². The van der Waals surface area contributed by atoms with Crippen LogP contribution in [0.4, 0.5) is 10.6 Å². The van der Waals surface area contributed by atoms with E-state index in [1.807, 2.05) is 31.7 Å². The van der Waals surface area contributed by atoms with E-state index in [0.29, 0.717) is 23.7 Å². The minimum atomic E-state index is -0.437. The Labute approximate surface area is 173 Å². The normalized spacial score (nSPS) is 19.2. The Morgan fingerprint density at radius 3 is 2.07 bits per heavy atom. The van der Waals surface area contributed by atoms with E-state index in [2.05, 4.69) is 14.9 Å². The summed E-state index contributed by atoms with van der Waals surface area (Å²) in [6.07, 6.45) is 4.19. The molecule has 0 unspecified atom stereocenters. The number of carbonyl (C=O) groups is 1. The molecule has 0 aliphatic carbocycles. The average Bonchev–Trinajstić information content (AvgIpc) is 2.72. The minimum Gasteiger partial charge on any atom is -0.481 e. The van der Waals surface area contributed by atoms with Crippen molar-refractivity contribution in [2.24, 2.45) is 11.8 Å². The fourth-order valence-electron chi connectivity index (χ4n) is 4.23. The van der Waals surface area contributed by atoms with Crippen molar-refractivity contribution in [1.29, 1.82) is 0 Å². The van der Waals surface area contributed by atoms with Crippen molar-refractivity contribution in [2.45, 2.75) is 52.1 Å². The lowest BCUT2D eigenvalue weighted by molar-refractivity contribution is 0.0152. The van der Waals surface area contributed by atoms with Crippen LogP contribution in [0.15, 0.2) is 6.07 Å². The molecule has 0 saturated carbocycles. The first-order valence-corrected chi connectivity index (χ1v) is 10.5. The highest BCUT2D eigenvalue weighted by Gasteiger charge is 2.32. The van der Waals surface area contributed by atoms with Gasteiger partial charge in [-0.3, -0.25) is 0 Å². The number of hydrogen-bond donors (Lipinski definition) is 0. The highest BCUT2D eigenvalue weighted by atomic mass is 16.6. The summed E-state index contributed by atoms with van der Waals surface area (Å²) in [5.41, 5.74) is -0.437. The van der Waals surface area contributed by atoms with Crippen molar-refractivity contribution in [3.8, 4) is 11.9 Å². The Morgan fingerprint density at radius 1 is 0.966 bits per heavy atom. The van der Waals surface area contributed by atoms with Gasteiger partial charge in [-0.25, -0.2) is 4.79 Å². The third-order valence-electron chi connectivity index (χ3n) is 5.78. The number of rotatable bonds is 4. The van der Waals surface area contributed by atoms with E-state index >= 15 is 0 Å². The van der Waals surface area contributed by atoms with Crippen molar-refractivity contribution in [3.63, 3.8) is 0 Å². The van der Waals surface area contributed by atoms with Crippen LogP contribution in [0.25, 0.3) is 0 Å². The molecule has 0 spiro atoms. The van der Waals surface area contributed by atoms with Crippen LogP contribution in [0.1, 0.15) is 46.5 Å². The van der Waals surface area contributed by atoms with E-state index in [1.54, 1.807) is 14.2 Å². The second-order valence-electron chi connectivity index (χ2n) is 8.88. The number of aromatic nitrogens is 2. The number of nitrogens with zero attached hydrogens (tertiary/aromatic N) is 4. The number of likely N-dealkylation sites (tertiary alicyclic amines) is 1. The number of anilines is 1. The fourth-order valence-corrected chi connectivity index (χ4v) is 4.23. The Kier molecular flexibility index (Phi) is 6.70. The lowest BCUT2D eigenvalue weighted by Gasteiger charge is -2.40. The summed E-state index contributed by atoms with van der Waals surface area (Å²) < 4.78 is 16.0. The Balaban J connectivity index is 1.50. The highest BCUT2D eigenvalue weighted by molar-refractivity contribution is 5.68. The van der Waals surface area contributed by atoms with Gasteiger partial charge in [0.1, 0.15) is 11.4 Å².